The molecule has 0 atom stereocenters. The topological polar surface area (TPSA) is 39.6 Å². The summed E-state index contributed by atoms with van der Waals surface area (Å²) in [4.78, 5) is 6.70. The fraction of sp³-hybridized carbons (Fsp3) is 0.545. The van der Waals surface area contributed by atoms with Crippen LogP contribution in [-0.4, -0.2) is 35.4 Å². The summed E-state index contributed by atoms with van der Waals surface area (Å²) in [5, 5.41) is 10.2. The van der Waals surface area contributed by atoms with E-state index in [1.807, 2.05) is 18.3 Å². The van der Waals surface area contributed by atoms with E-state index < -0.39 is 0 Å². The van der Waals surface area contributed by atoms with Gasteiger partial charge in [-0.25, -0.2) is 4.98 Å². The van der Waals surface area contributed by atoms with Gasteiger partial charge in [0.05, 0.1) is 6.54 Å². The molecule has 0 aliphatic carbocycles. The van der Waals surface area contributed by atoms with Gasteiger partial charge in [0.2, 0.25) is 0 Å². The molecule has 1 N–H and O–H groups in total. The van der Waals surface area contributed by atoms with Gasteiger partial charge in [-0.1, -0.05) is 6.07 Å². The fourth-order valence-corrected chi connectivity index (χ4v) is 1.91. The molecule has 4 heteroatoms. The molecule has 0 amide bonds. The van der Waals surface area contributed by atoms with Crippen molar-refractivity contribution >= 4 is 5.82 Å². The van der Waals surface area contributed by atoms with Crippen LogP contribution < -0.4 is 4.90 Å². The second-order valence-electron chi connectivity index (χ2n) is 4.03. The van der Waals surface area contributed by atoms with Gasteiger partial charge in [-0.3, -0.25) is 0 Å². The smallest absolute Gasteiger partial charge is 0.128 e. The second-order valence-corrected chi connectivity index (χ2v) is 4.03. The van der Waals surface area contributed by atoms with Gasteiger partial charge in [0, 0.05) is 26.3 Å². The van der Waals surface area contributed by atoms with Crippen molar-refractivity contribution in [2.24, 2.45) is 0 Å². The number of anilines is 1. The van der Waals surface area contributed by atoms with Gasteiger partial charge in [-0.2, -0.15) is 5.06 Å². The first-order chi connectivity index (χ1) is 7.25. The third-order valence-corrected chi connectivity index (χ3v) is 2.65. The van der Waals surface area contributed by atoms with E-state index in [1.54, 1.807) is 7.05 Å². The van der Waals surface area contributed by atoms with E-state index in [-0.39, 0.29) is 0 Å². The lowest BCUT2D eigenvalue weighted by Gasteiger charge is -2.16. The van der Waals surface area contributed by atoms with Crippen LogP contribution in [0.4, 0.5) is 5.82 Å². The van der Waals surface area contributed by atoms with Gasteiger partial charge in [0.1, 0.15) is 5.82 Å². The van der Waals surface area contributed by atoms with Crippen LogP contribution in [0.3, 0.4) is 0 Å². The van der Waals surface area contributed by atoms with Gasteiger partial charge in [-0.15, -0.1) is 0 Å². The van der Waals surface area contributed by atoms with Gasteiger partial charge in [0.15, 0.2) is 0 Å². The molecule has 1 aliphatic rings. The molecule has 1 aliphatic heterocycles. The van der Waals surface area contributed by atoms with Crippen molar-refractivity contribution < 1.29 is 5.21 Å². The Morgan fingerprint density at radius 2 is 2.13 bits per heavy atom. The molecule has 82 valence electrons. The van der Waals surface area contributed by atoms with Crippen LogP contribution in [0.15, 0.2) is 18.3 Å². The first-order valence-electron chi connectivity index (χ1n) is 5.35. The molecule has 0 radical (unpaired) electrons. The third kappa shape index (κ3) is 2.67. The predicted octanol–water partition coefficient (Wildman–Crippen LogP) is 1.50. The van der Waals surface area contributed by atoms with Crippen molar-refractivity contribution in [2.75, 3.05) is 25.0 Å². The lowest BCUT2D eigenvalue weighted by atomic mass is 10.3. The molecule has 0 spiro atoms. The van der Waals surface area contributed by atoms with Crippen LogP contribution in [0.25, 0.3) is 0 Å². The minimum atomic E-state index is 0.521. The highest BCUT2D eigenvalue weighted by Gasteiger charge is 2.12. The molecule has 0 bridgehead atoms. The number of nitrogens with zero attached hydrogens (tertiary/aromatic N) is 3. The molecule has 1 aromatic rings. The third-order valence-electron chi connectivity index (χ3n) is 2.65. The van der Waals surface area contributed by atoms with E-state index in [9.17, 15) is 0 Å². The summed E-state index contributed by atoms with van der Waals surface area (Å²) < 4.78 is 0. The molecular weight excluding hydrogens is 190 g/mol. The zero-order valence-corrected chi connectivity index (χ0v) is 9.06. The second kappa shape index (κ2) is 4.59. The zero-order valence-electron chi connectivity index (χ0n) is 9.06. The molecule has 2 rings (SSSR count). The van der Waals surface area contributed by atoms with Gasteiger partial charge < -0.3 is 10.1 Å². The SMILES string of the molecule is CN(O)Cc1ccc(N2CCCC2)nc1. The largest absolute Gasteiger partial charge is 0.357 e. The summed E-state index contributed by atoms with van der Waals surface area (Å²) in [6.07, 6.45) is 4.37. The fourth-order valence-electron chi connectivity index (χ4n) is 1.91. The minimum Gasteiger partial charge on any atom is -0.357 e. The first-order valence-corrected chi connectivity index (χ1v) is 5.35. The molecule has 1 fully saturated rings. The van der Waals surface area contributed by atoms with Crippen molar-refractivity contribution in [3.63, 3.8) is 0 Å². The molecule has 0 aromatic carbocycles. The number of hydrogen-bond acceptors (Lipinski definition) is 4. The van der Waals surface area contributed by atoms with Gasteiger partial charge in [0.25, 0.3) is 0 Å². The zero-order chi connectivity index (χ0) is 10.7. The number of rotatable bonds is 3. The average Bonchev–Trinajstić information content (AvgIpc) is 2.71. The lowest BCUT2D eigenvalue weighted by Crippen LogP contribution is -2.19. The summed E-state index contributed by atoms with van der Waals surface area (Å²) in [7, 11) is 1.63. The van der Waals surface area contributed by atoms with Crippen LogP contribution in [0.5, 0.6) is 0 Å². The Morgan fingerprint density at radius 1 is 1.40 bits per heavy atom. The van der Waals surface area contributed by atoms with Crippen molar-refractivity contribution in [3.05, 3.63) is 23.9 Å². The Kier molecular flexibility index (Phi) is 3.18. The van der Waals surface area contributed by atoms with Crippen molar-refractivity contribution in [3.8, 4) is 0 Å². The van der Waals surface area contributed by atoms with Crippen LogP contribution in [-0.2, 0) is 6.54 Å². The van der Waals surface area contributed by atoms with Crippen molar-refractivity contribution in [2.45, 2.75) is 19.4 Å². The molecule has 0 saturated carbocycles. The Hall–Kier alpha value is -1.13. The van der Waals surface area contributed by atoms with Crippen LogP contribution >= 0.6 is 0 Å². The van der Waals surface area contributed by atoms with Gasteiger partial charge >= 0.3 is 0 Å². The van der Waals surface area contributed by atoms with Crippen LogP contribution in [0, 0.1) is 0 Å². The summed E-state index contributed by atoms with van der Waals surface area (Å²) in [5.41, 5.74) is 1.03. The summed E-state index contributed by atoms with van der Waals surface area (Å²) >= 11 is 0. The van der Waals surface area contributed by atoms with E-state index in [4.69, 9.17) is 5.21 Å². The van der Waals surface area contributed by atoms with Crippen molar-refractivity contribution in [1.29, 1.82) is 0 Å². The van der Waals surface area contributed by atoms with Crippen LogP contribution in [0.2, 0.25) is 0 Å². The van der Waals surface area contributed by atoms with Crippen LogP contribution in [0.1, 0.15) is 18.4 Å². The normalized spacial score (nSPS) is 16.3. The molecule has 0 unspecified atom stereocenters. The number of aromatic nitrogens is 1. The Labute approximate surface area is 90.1 Å². The van der Waals surface area contributed by atoms with Crippen molar-refractivity contribution in [1.82, 2.24) is 10.0 Å². The quantitative estimate of drug-likeness (QED) is 0.762. The highest BCUT2D eigenvalue weighted by atomic mass is 16.5. The summed E-state index contributed by atoms with van der Waals surface area (Å²) in [5.74, 6) is 1.05. The van der Waals surface area contributed by atoms with E-state index in [1.165, 1.54) is 12.8 Å². The molecule has 15 heavy (non-hydrogen) atoms. The Morgan fingerprint density at radius 3 is 2.67 bits per heavy atom. The maximum atomic E-state index is 9.08. The maximum Gasteiger partial charge on any atom is 0.128 e. The summed E-state index contributed by atoms with van der Waals surface area (Å²) in [6.45, 7) is 2.76. The van der Waals surface area contributed by atoms with E-state index in [0.29, 0.717) is 6.54 Å². The molecular formula is C11H17N3O. The van der Waals surface area contributed by atoms with E-state index in [0.717, 1.165) is 29.5 Å². The highest BCUT2D eigenvalue weighted by molar-refractivity contribution is 5.40. The Bertz CT molecular complexity index is 304. The highest BCUT2D eigenvalue weighted by Crippen LogP contribution is 2.17. The van der Waals surface area contributed by atoms with E-state index in [2.05, 4.69) is 9.88 Å². The van der Waals surface area contributed by atoms with Gasteiger partial charge in [-0.05, 0) is 24.5 Å². The lowest BCUT2D eigenvalue weighted by molar-refractivity contribution is -0.0732. The average molecular weight is 207 g/mol. The summed E-state index contributed by atoms with van der Waals surface area (Å²) in [6, 6.07) is 4.05. The maximum absolute atomic E-state index is 9.08. The molecule has 2 heterocycles. The molecule has 1 saturated heterocycles. The standard InChI is InChI=1S/C11H17N3O/c1-13(15)9-10-4-5-11(12-8-10)14-6-2-3-7-14/h4-5,8,15H,2-3,6-7,9H2,1H3. The molecule has 1 aromatic heterocycles. The number of pyridine rings is 1. The minimum absolute atomic E-state index is 0.521. The first kappa shape index (κ1) is 10.4. The predicted molar refractivity (Wildman–Crippen MR) is 58.9 cm³/mol. The monoisotopic (exact) mass is 207 g/mol. The number of hydroxylamine groups is 2. The Balaban J connectivity index is 2.03. The molecule has 4 nitrogen and oxygen atoms in total. The van der Waals surface area contributed by atoms with E-state index >= 15 is 0 Å². The number of hydrogen-bond donors (Lipinski definition) is 1.